The van der Waals surface area contributed by atoms with Gasteiger partial charge < -0.3 is 10.0 Å². The van der Waals surface area contributed by atoms with Crippen molar-refractivity contribution in [3.63, 3.8) is 0 Å². The second-order valence-corrected chi connectivity index (χ2v) is 4.29. The van der Waals surface area contributed by atoms with E-state index in [0.29, 0.717) is 0 Å². The van der Waals surface area contributed by atoms with Crippen LogP contribution in [0.3, 0.4) is 0 Å². The van der Waals surface area contributed by atoms with Gasteiger partial charge in [0.05, 0.1) is 12.3 Å². The molecule has 0 aromatic heterocycles. The molecule has 7 heteroatoms. The predicted molar refractivity (Wildman–Crippen MR) is 52.2 cm³/mol. The van der Waals surface area contributed by atoms with Gasteiger partial charge in [-0.15, -0.1) is 0 Å². The maximum absolute atomic E-state index is 12.2. The van der Waals surface area contributed by atoms with E-state index in [1.165, 1.54) is 6.92 Å². The van der Waals surface area contributed by atoms with Crippen molar-refractivity contribution < 1.29 is 27.9 Å². The third-order valence-corrected chi connectivity index (χ3v) is 2.85. The van der Waals surface area contributed by atoms with Crippen molar-refractivity contribution in [3.05, 3.63) is 0 Å². The summed E-state index contributed by atoms with van der Waals surface area (Å²) in [4.78, 5) is 23.2. The molecule has 2 unspecified atom stereocenters. The van der Waals surface area contributed by atoms with Gasteiger partial charge in [0.1, 0.15) is 0 Å². The molecule has 2 atom stereocenters. The number of amides is 1. The van der Waals surface area contributed by atoms with Gasteiger partial charge in [-0.05, 0) is 13.3 Å². The van der Waals surface area contributed by atoms with E-state index in [2.05, 4.69) is 0 Å². The van der Waals surface area contributed by atoms with E-state index in [1.54, 1.807) is 0 Å². The highest BCUT2D eigenvalue weighted by Crippen LogP contribution is 2.27. The first-order valence-corrected chi connectivity index (χ1v) is 5.29. The zero-order chi connectivity index (χ0) is 13.2. The Labute approximate surface area is 96.4 Å². The van der Waals surface area contributed by atoms with Crippen LogP contribution >= 0.6 is 0 Å². The van der Waals surface area contributed by atoms with Gasteiger partial charge in [-0.3, -0.25) is 9.59 Å². The lowest BCUT2D eigenvalue weighted by atomic mass is 9.96. The van der Waals surface area contributed by atoms with Crippen LogP contribution in [0.5, 0.6) is 0 Å². The van der Waals surface area contributed by atoms with Crippen LogP contribution in [0.15, 0.2) is 0 Å². The normalized spacial score (nSPS) is 23.6. The SMILES string of the molecule is CC(CC(F)(F)F)N1CC(C(=O)O)CCC1=O. The zero-order valence-corrected chi connectivity index (χ0v) is 9.33. The Bertz CT molecular complexity index is 316. The lowest BCUT2D eigenvalue weighted by Gasteiger charge is -2.35. The highest BCUT2D eigenvalue weighted by molar-refractivity contribution is 5.80. The maximum atomic E-state index is 12.2. The van der Waals surface area contributed by atoms with Crippen molar-refractivity contribution >= 4 is 11.9 Å². The van der Waals surface area contributed by atoms with Crippen LogP contribution in [0.25, 0.3) is 0 Å². The first-order valence-electron chi connectivity index (χ1n) is 5.29. The summed E-state index contributed by atoms with van der Waals surface area (Å²) in [6, 6.07) is -1.01. The molecule has 1 saturated heterocycles. The minimum absolute atomic E-state index is 0.000830. The lowest BCUT2D eigenvalue weighted by molar-refractivity contribution is -0.159. The molecule has 4 nitrogen and oxygen atoms in total. The molecule has 1 rings (SSSR count). The number of carboxylic acids is 1. The van der Waals surface area contributed by atoms with Crippen molar-refractivity contribution in [1.29, 1.82) is 0 Å². The van der Waals surface area contributed by atoms with Crippen LogP contribution in [0.2, 0.25) is 0 Å². The van der Waals surface area contributed by atoms with Crippen molar-refractivity contribution in [2.45, 2.75) is 38.4 Å². The first kappa shape index (κ1) is 13.8. The third-order valence-electron chi connectivity index (χ3n) is 2.85. The molecule has 1 aliphatic heterocycles. The first-order chi connectivity index (χ1) is 7.70. The number of carbonyl (C=O) groups is 2. The largest absolute Gasteiger partial charge is 0.481 e. The number of piperidine rings is 1. The molecule has 0 bridgehead atoms. The number of halogens is 3. The fourth-order valence-electron chi connectivity index (χ4n) is 1.94. The minimum atomic E-state index is -4.35. The lowest BCUT2D eigenvalue weighted by Crippen LogP contribution is -2.48. The molecule has 1 aliphatic rings. The summed E-state index contributed by atoms with van der Waals surface area (Å²) in [5, 5.41) is 8.80. The van der Waals surface area contributed by atoms with E-state index in [9.17, 15) is 22.8 Å². The van der Waals surface area contributed by atoms with Crippen LogP contribution in [0.4, 0.5) is 13.2 Å². The van der Waals surface area contributed by atoms with Crippen LogP contribution in [0.1, 0.15) is 26.2 Å². The molecular formula is C10H14F3NO3. The van der Waals surface area contributed by atoms with E-state index in [4.69, 9.17) is 5.11 Å². The molecule has 0 aliphatic carbocycles. The average Bonchev–Trinajstić information content (AvgIpc) is 2.14. The third kappa shape index (κ3) is 3.90. The molecule has 1 heterocycles. The van der Waals surface area contributed by atoms with Gasteiger partial charge in [0.25, 0.3) is 0 Å². The molecule has 1 N–H and O–H groups in total. The number of hydrogen-bond acceptors (Lipinski definition) is 2. The molecule has 0 spiro atoms. The Morgan fingerprint density at radius 2 is 2.18 bits per heavy atom. The second kappa shape index (κ2) is 4.93. The monoisotopic (exact) mass is 253 g/mol. The molecular weight excluding hydrogens is 239 g/mol. The van der Waals surface area contributed by atoms with E-state index in [0.717, 1.165) is 4.90 Å². The standard InChI is InChI=1S/C10H14F3NO3/c1-6(4-10(11,12)13)14-5-7(9(16)17)2-3-8(14)15/h6-7H,2-5H2,1H3,(H,16,17). The van der Waals surface area contributed by atoms with Crippen LogP contribution in [-0.2, 0) is 9.59 Å². The number of likely N-dealkylation sites (tertiary alicyclic amines) is 1. The molecule has 1 amide bonds. The zero-order valence-electron chi connectivity index (χ0n) is 9.33. The van der Waals surface area contributed by atoms with E-state index >= 15 is 0 Å². The smallest absolute Gasteiger partial charge is 0.391 e. The Hall–Kier alpha value is -1.27. The fraction of sp³-hybridized carbons (Fsp3) is 0.800. The minimum Gasteiger partial charge on any atom is -0.481 e. The fourth-order valence-corrected chi connectivity index (χ4v) is 1.94. The molecule has 0 aromatic carbocycles. The van der Waals surface area contributed by atoms with E-state index in [1.807, 2.05) is 0 Å². The number of alkyl halides is 3. The summed E-state index contributed by atoms with van der Waals surface area (Å²) in [5.41, 5.74) is 0. The number of aliphatic carboxylic acids is 1. The summed E-state index contributed by atoms with van der Waals surface area (Å²) < 4.78 is 36.6. The van der Waals surface area contributed by atoms with Gasteiger partial charge in [0.2, 0.25) is 5.91 Å². The van der Waals surface area contributed by atoms with Crippen LogP contribution in [0, 0.1) is 5.92 Å². The second-order valence-electron chi connectivity index (χ2n) is 4.29. The van der Waals surface area contributed by atoms with Gasteiger partial charge in [-0.1, -0.05) is 0 Å². The Balaban J connectivity index is 2.67. The van der Waals surface area contributed by atoms with Gasteiger partial charge >= 0.3 is 12.1 Å². The average molecular weight is 253 g/mol. The van der Waals surface area contributed by atoms with Crippen molar-refractivity contribution in [2.75, 3.05) is 6.54 Å². The quantitative estimate of drug-likeness (QED) is 0.832. The van der Waals surface area contributed by atoms with Gasteiger partial charge in [-0.2, -0.15) is 13.2 Å². The van der Waals surface area contributed by atoms with Crippen molar-refractivity contribution in [3.8, 4) is 0 Å². The van der Waals surface area contributed by atoms with Gasteiger partial charge in [-0.25, -0.2) is 0 Å². The summed E-state index contributed by atoms with van der Waals surface area (Å²) in [5.74, 6) is -2.23. The number of carboxylic acid groups (broad SMARTS) is 1. The number of carbonyl (C=O) groups excluding carboxylic acids is 1. The molecule has 17 heavy (non-hydrogen) atoms. The summed E-state index contributed by atoms with van der Waals surface area (Å²) >= 11 is 0. The maximum Gasteiger partial charge on any atom is 0.391 e. The summed E-state index contributed by atoms with van der Waals surface area (Å²) in [7, 11) is 0. The van der Waals surface area contributed by atoms with E-state index in [-0.39, 0.29) is 19.4 Å². The highest BCUT2D eigenvalue weighted by atomic mass is 19.4. The molecule has 98 valence electrons. The molecule has 0 aromatic rings. The Morgan fingerprint density at radius 3 is 2.65 bits per heavy atom. The summed E-state index contributed by atoms with van der Waals surface area (Å²) in [6.45, 7) is 1.15. The predicted octanol–water partition coefficient (Wildman–Crippen LogP) is 1.65. The molecule has 0 radical (unpaired) electrons. The number of nitrogens with zero attached hydrogens (tertiary/aromatic N) is 1. The van der Waals surface area contributed by atoms with Gasteiger partial charge in [0.15, 0.2) is 0 Å². The van der Waals surface area contributed by atoms with Crippen LogP contribution in [-0.4, -0.2) is 40.6 Å². The van der Waals surface area contributed by atoms with Crippen LogP contribution < -0.4 is 0 Å². The highest BCUT2D eigenvalue weighted by Gasteiger charge is 2.37. The van der Waals surface area contributed by atoms with E-state index < -0.39 is 36.4 Å². The number of hydrogen-bond donors (Lipinski definition) is 1. The molecule has 1 fully saturated rings. The Morgan fingerprint density at radius 1 is 1.59 bits per heavy atom. The Kier molecular flexibility index (Phi) is 4.00. The van der Waals surface area contributed by atoms with Crippen molar-refractivity contribution in [2.24, 2.45) is 5.92 Å². The topological polar surface area (TPSA) is 57.6 Å². The summed E-state index contributed by atoms with van der Waals surface area (Å²) in [6.07, 6.45) is -5.26. The molecule has 0 saturated carbocycles. The van der Waals surface area contributed by atoms with Crippen molar-refractivity contribution in [1.82, 2.24) is 4.90 Å². The number of rotatable bonds is 3. The van der Waals surface area contributed by atoms with Gasteiger partial charge in [0, 0.05) is 19.0 Å².